The first-order chi connectivity index (χ1) is 14.0. The summed E-state index contributed by atoms with van der Waals surface area (Å²) in [7, 11) is 1.63. The van der Waals surface area contributed by atoms with E-state index in [-0.39, 0.29) is 18.9 Å². The number of aryl methyl sites for hydroxylation is 1. The molecule has 2 aromatic heterocycles. The summed E-state index contributed by atoms with van der Waals surface area (Å²) < 4.78 is 0. The lowest BCUT2D eigenvalue weighted by Crippen LogP contribution is -2.29. The van der Waals surface area contributed by atoms with Gasteiger partial charge in [0.15, 0.2) is 0 Å². The molecule has 3 rings (SSSR count). The van der Waals surface area contributed by atoms with Gasteiger partial charge in [-0.3, -0.25) is 9.59 Å². The summed E-state index contributed by atoms with van der Waals surface area (Å²) >= 11 is 1.64. The van der Waals surface area contributed by atoms with Gasteiger partial charge in [-0.25, -0.2) is 9.97 Å². The van der Waals surface area contributed by atoms with E-state index in [2.05, 4.69) is 34.3 Å². The number of carbonyl (C=O) groups excluding carboxylic acids is 1. The fraction of sp³-hybridized carbons (Fsp3) is 0.333. The number of amides is 1. The maximum Gasteiger partial charge on any atom is 0.305 e. The van der Waals surface area contributed by atoms with E-state index >= 15 is 0 Å². The van der Waals surface area contributed by atoms with Crippen LogP contribution in [0.3, 0.4) is 0 Å². The van der Waals surface area contributed by atoms with Crippen LogP contribution in [-0.2, 0) is 9.59 Å². The van der Waals surface area contributed by atoms with Gasteiger partial charge in [0.1, 0.15) is 17.0 Å². The van der Waals surface area contributed by atoms with Crippen molar-refractivity contribution in [3.63, 3.8) is 0 Å². The molecule has 2 N–H and O–H groups in total. The predicted molar refractivity (Wildman–Crippen MR) is 115 cm³/mol. The van der Waals surface area contributed by atoms with Crippen molar-refractivity contribution >= 4 is 39.2 Å². The van der Waals surface area contributed by atoms with Crippen LogP contribution in [0.25, 0.3) is 21.3 Å². The minimum atomic E-state index is -0.903. The first-order valence-corrected chi connectivity index (χ1v) is 10.3. The van der Waals surface area contributed by atoms with Crippen LogP contribution in [-0.4, -0.2) is 52.0 Å². The van der Waals surface area contributed by atoms with Crippen LogP contribution in [0, 0.1) is 6.92 Å². The van der Waals surface area contributed by atoms with E-state index in [9.17, 15) is 9.59 Å². The largest absolute Gasteiger partial charge is 0.481 e. The summed E-state index contributed by atoms with van der Waals surface area (Å²) in [5, 5.41) is 13.1. The molecule has 0 bridgehead atoms. The van der Waals surface area contributed by atoms with Crippen molar-refractivity contribution in [2.45, 2.75) is 26.2 Å². The van der Waals surface area contributed by atoms with Crippen LogP contribution >= 0.6 is 11.3 Å². The lowest BCUT2D eigenvalue weighted by Gasteiger charge is -2.16. The van der Waals surface area contributed by atoms with E-state index in [0.29, 0.717) is 19.4 Å². The van der Waals surface area contributed by atoms with Gasteiger partial charge in [0, 0.05) is 37.0 Å². The topological polar surface area (TPSA) is 95.4 Å². The maximum absolute atomic E-state index is 12.1. The molecule has 8 heteroatoms. The average Bonchev–Trinajstić information content (AvgIpc) is 3.06. The van der Waals surface area contributed by atoms with Crippen LogP contribution in [0.15, 0.2) is 36.7 Å². The standard InChI is InChI=1S/C21H24N4O3S/c1-14-18(15-7-4-3-5-8-15)19-20(23-13-24-21(19)29-14)22-11-6-9-16(26)25(2)12-10-17(27)28/h3-5,7-8,13H,6,9-12H2,1-2H3,(H,27,28)(H,22,23,24). The quantitative estimate of drug-likeness (QED) is 0.519. The first-order valence-electron chi connectivity index (χ1n) is 9.46. The Balaban J connectivity index is 1.67. The molecule has 0 saturated heterocycles. The zero-order valence-corrected chi connectivity index (χ0v) is 17.3. The normalized spacial score (nSPS) is 10.8. The molecule has 152 valence electrons. The lowest BCUT2D eigenvalue weighted by atomic mass is 10.0. The van der Waals surface area contributed by atoms with Gasteiger partial charge in [0.2, 0.25) is 5.91 Å². The van der Waals surface area contributed by atoms with Gasteiger partial charge in [-0.2, -0.15) is 0 Å². The number of carboxylic acids is 1. The number of aromatic nitrogens is 2. The second-order valence-electron chi connectivity index (χ2n) is 6.79. The molecule has 0 atom stereocenters. The molecule has 2 heterocycles. The molecule has 3 aromatic rings. The maximum atomic E-state index is 12.1. The Kier molecular flexibility index (Phi) is 6.77. The summed E-state index contributed by atoms with van der Waals surface area (Å²) in [6, 6.07) is 10.2. The van der Waals surface area contributed by atoms with E-state index in [0.717, 1.165) is 27.2 Å². The molecular weight excluding hydrogens is 388 g/mol. The zero-order valence-electron chi connectivity index (χ0n) is 16.5. The predicted octanol–water partition coefficient (Wildman–Crippen LogP) is 3.79. The summed E-state index contributed by atoms with van der Waals surface area (Å²) in [4.78, 5) is 35.2. The Labute approximate surface area is 173 Å². The SMILES string of the molecule is Cc1sc2ncnc(NCCCC(=O)N(C)CCC(=O)O)c2c1-c1ccccc1. The minimum absolute atomic E-state index is 0.0425. The fourth-order valence-electron chi connectivity index (χ4n) is 3.16. The molecule has 0 spiro atoms. The van der Waals surface area contributed by atoms with E-state index in [1.807, 2.05) is 18.2 Å². The number of aliphatic carboxylic acids is 1. The molecule has 0 aliphatic rings. The number of carboxylic acid groups (broad SMARTS) is 1. The number of carbonyl (C=O) groups is 2. The molecule has 29 heavy (non-hydrogen) atoms. The third kappa shape index (κ3) is 5.08. The van der Waals surface area contributed by atoms with Gasteiger partial charge >= 0.3 is 5.97 Å². The first kappa shape index (κ1) is 20.7. The van der Waals surface area contributed by atoms with Crippen molar-refractivity contribution in [2.75, 3.05) is 25.5 Å². The summed E-state index contributed by atoms with van der Waals surface area (Å²) in [6.45, 7) is 2.90. The second kappa shape index (κ2) is 9.47. The highest BCUT2D eigenvalue weighted by Crippen LogP contribution is 2.40. The minimum Gasteiger partial charge on any atom is -0.481 e. The summed E-state index contributed by atoms with van der Waals surface area (Å²) in [6.07, 6.45) is 2.50. The molecule has 0 radical (unpaired) electrons. The van der Waals surface area contributed by atoms with Crippen molar-refractivity contribution in [2.24, 2.45) is 0 Å². The van der Waals surface area contributed by atoms with Gasteiger partial charge in [0.05, 0.1) is 11.8 Å². The smallest absolute Gasteiger partial charge is 0.305 e. The third-order valence-electron chi connectivity index (χ3n) is 4.67. The Morgan fingerprint density at radius 1 is 1.17 bits per heavy atom. The molecule has 0 aliphatic carbocycles. The average molecular weight is 413 g/mol. The summed E-state index contributed by atoms with van der Waals surface area (Å²) in [5.74, 6) is -0.193. The van der Waals surface area contributed by atoms with Gasteiger partial charge < -0.3 is 15.3 Å². The van der Waals surface area contributed by atoms with Crippen molar-refractivity contribution in [1.82, 2.24) is 14.9 Å². The Hall–Kier alpha value is -3.00. The highest BCUT2D eigenvalue weighted by atomic mass is 32.1. The van der Waals surface area contributed by atoms with E-state index in [4.69, 9.17) is 5.11 Å². The Morgan fingerprint density at radius 2 is 1.93 bits per heavy atom. The number of nitrogens with one attached hydrogen (secondary N) is 1. The van der Waals surface area contributed by atoms with E-state index in [1.165, 1.54) is 9.78 Å². The lowest BCUT2D eigenvalue weighted by molar-refractivity contribution is -0.138. The van der Waals surface area contributed by atoms with Crippen molar-refractivity contribution in [1.29, 1.82) is 0 Å². The van der Waals surface area contributed by atoms with Crippen LogP contribution in [0.4, 0.5) is 5.82 Å². The van der Waals surface area contributed by atoms with Gasteiger partial charge in [-0.05, 0) is 18.9 Å². The van der Waals surface area contributed by atoms with Crippen LogP contribution in [0.5, 0.6) is 0 Å². The number of fused-ring (bicyclic) bond motifs is 1. The number of hydrogen-bond donors (Lipinski definition) is 2. The van der Waals surface area contributed by atoms with Gasteiger partial charge in [-0.1, -0.05) is 30.3 Å². The number of rotatable bonds is 9. The number of anilines is 1. The number of hydrogen-bond acceptors (Lipinski definition) is 6. The fourth-order valence-corrected chi connectivity index (χ4v) is 4.17. The molecule has 7 nitrogen and oxygen atoms in total. The third-order valence-corrected chi connectivity index (χ3v) is 5.69. The van der Waals surface area contributed by atoms with E-state index in [1.54, 1.807) is 24.7 Å². The van der Waals surface area contributed by atoms with Crippen molar-refractivity contribution < 1.29 is 14.7 Å². The monoisotopic (exact) mass is 412 g/mol. The molecular formula is C21H24N4O3S. The van der Waals surface area contributed by atoms with Gasteiger partial charge in [0.25, 0.3) is 0 Å². The molecule has 0 fully saturated rings. The number of nitrogens with zero attached hydrogens (tertiary/aromatic N) is 3. The number of thiophene rings is 1. The Morgan fingerprint density at radius 3 is 2.66 bits per heavy atom. The second-order valence-corrected chi connectivity index (χ2v) is 7.99. The molecule has 0 saturated carbocycles. The molecule has 1 aromatic carbocycles. The number of benzene rings is 1. The summed E-state index contributed by atoms with van der Waals surface area (Å²) in [5.41, 5.74) is 2.27. The van der Waals surface area contributed by atoms with Crippen LogP contribution in [0.1, 0.15) is 24.1 Å². The highest BCUT2D eigenvalue weighted by Gasteiger charge is 2.16. The molecule has 1 amide bonds. The van der Waals surface area contributed by atoms with Crippen molar-refractivity contribution in [3.05, 3.63) is 41.5 Å². The Bertz CT molecular complexity index is 1000. The zero-order chi connectivity index (χ0) is 20.8. The highest BCUT2D eigenvalue weighted by molar-refractivity contribution is 7.19. The van der Waals surface area contributed by atoms with Crippen LogP contribution < -0.4 is 5.32 Å². The van der Waals surface area contributed by atoms with Gasteiger partial charge in [-0.15, -0.1) is 11.3 Å². The van der Waals surface area contributed by atoms with Crippen LogP contribution in [0.2, 0.25) is 0 Å². The molecule has 0 unspecified atom stereocenters. The van der Waals surface area contributed by atoms with E-state index < -0.39 is 5.97 Å². The molecule has 0 aliphatic heterocycles. The van der Waals surface area contributed by atoms with Crippen molar-refractivity contribution in [3.8, 4) is 11.1 Å².